The second kappa shape index (κ2) is 5.41. The molecule has 0 fully saturated rings. The molecule has 1 rings (SSSR count). The predicted octanol–water partition coefficient (Wildman–Crippen LogP) is 2.52. The first kappa shape index (κ1) is 13.1. The average molecular weight is 298 g/mol. The second-order valence-corrected chi connectivity index (χ2v) is 4.11. The summed E-state index contributed by atoms with van der Waals surface area (Å²) in [5.74, 6) is -0.454. The topological polar surface area (TPSA) is 96.0 Å². The van der Waals surface area contributed by atoms with Crippen LogP contribution in [-0.2, 0) is 4.79 Å². The Balaban J connectivity index is 3.07. The predicted molar refractivity (Wildman–Crippen MR) is 64.4 cm³/mol. The van der Waals surface area contributed by atoms with Gasteiger partial charge in [-0.3, -0.25) is 14.9 Å². The van der Waals surface area contributed by atoms with Crippen LogP contribution >= 0.6 is 15.9 Å². The van der Waals surface area contributed by atoms with E-state index in [4.69, 9.17) is 5.26 Å². The third-order valence-electron chi connectivity index (χ3n) is 1.99. The van der Waals surface area contributed by atoms with Crippen molar-refractivity contribution in [3.8, 4) is 6.07 Å². The van der Waals surface area contributed by atoms with E-state index in [1.807, 2.05) is 0 Å². The SMILES string of the molecule is Cc1cc([N+](=O)[O-])cc(Br)c1NC(=O)CC#N. The van der Waals surface area contributed by atoms with Gasteiger partial charge in [-0.05, 0) is 28.4 Å². The van der Waals surface area contributed by atoms with Gasteiger partial charge in [-0.15, -0.1) is 0 Å². The molecule has 0 aliphatic carbocycles. The molecule has 0 spiro atoms. The third kappa shape index (κ3) is 3.26. The molecule has 0 aliphatic rings. The van der Waals surface area contributed by atoms with Gasteiger partial charge in [0.05, 0.1) is 16.7 Å². The van der Waals surface area contributed by atoms with Crippen molar-refractivity contribution in [3.05, 3.63) is 32.3 Å². The van der Waals surface area contributed by atoms with Gasteiger partial charge in [-0.25, -0.2) is 0 Å². The summed E-state index contributed by atoms with van der Waals surface area (Å²) in [6, 6.07) is 4.38. The number of nitriles is 1. The van der Waals surface area contributed by atoms with Gasteiger partial charge < -0.3 is 5.32 Å². The molecule has 0 saturated carbocycles. The van der Waals surface area contributed by atoms with E-state index in [0.717, 1.165) is 0 Å². The lowest BCUT2D eigenvalue weighted by Gasteiger charge is -2.09. The highest BCUT2D eigenvalue weighted by Gasteiger charge is 2.14. The molecule has 1 aromatic carbocycles. The summed E-state index contributed by atoms with van der Waals surface area (Å²) in [6.45, 7) is 1.64. The molecule has 0 atom stereocenters. The monoisotopic (exact) mass is 297 g/mol. The Labute approximate surface area is 106 Å². The maximum Gasteiger partial charge on any atom is 0.270 e. The number of amides is 1. The minimum Gasteiger partial charge on any atom is -0.324 e. The molecular formula is C10H8BrN3O3. The number of nitro benzene ring substituents is 1. The van der Waals surface area contributed by atoms with Crippen molar-refractivity contribution in [1.82, 2.24) is 0 Å². The lowest BCUT2D eigenvalue weighted by molar-refractivity contribution is -0.385. The van der Waals surface area contributed by atoms with Crippen LogP contribution in [0.25, 0.3) is 0 Å². The Hall–Kier alpha value is -1.94. The second-order valence-electron chi connectivity index (χ2n) is 3.26. The van der Waals surface area contributed by atoms with E-state index in [1.54, 1.807) is 13.0 Å². The van der Waals surface area contributed by atoms with Crippen molar-refractivity contribution >= 4 is 33.2 Å². The van der Waals surface area contributed by atoms with Crippen LogP contribution in [0.2, 0.25) is 0 Å². The number of anilines is 1. The minimum atomic E-state index is -0.515. The third-order valence-corrected chi connectivity index (χ3v) is 2.61. The van der Waals surface area contributed by atoms with Crippen LogP contribution in [0.1, 0.15) is 12.0 Å². The molecular weight excluding hydrogens is 290 g/mol. The van der Waals surface area contributed by atoms with E-state index in [9.17, 15) is 14.9 Å². The van der Waals surface area contributed by atoms with Crippen LogP contribution in [0.5, 0.6) is 0 Å². The fourth-order valence-corrected chi connectivity index (χ4v) is 1.89. The number of carbonyl (C=O) groups is 1. The molecule has 0 radical (unpaired) electrons. The first-order chi connectivity index (χ1) is 7.95. The number of rotatable bonds is 3. The summed E-state index contributed by atoms with van der Waals surface area (Å²) < 4.78 is 0.412. The van der Waals surface area contributed by atoms with Crippen molar-refractivity contribution in [1.29, 1.82) is 5.26 Å². The van der Waals surface area contributed by atoms with Crippen LogP contribution in [0.15, 0.2) is 16.6 Å². The maximum absolute atomic E-state index is 11.2. The Bertz CT molecular complexity index is 499. The summed E-state index contributed by atoms with van der Waals surface area (Å²) in [5.41, 5.74) is 0.931. The standard InChI is InChI=1S/C10H8BrN3O3/c1-6-4-7(14(16)17)5-8(11)10(6)13-9(15)2-3-12/h4-5H,2H2,1H3,(H,13,15). The highest BCUT2D eigenvalue weighted by Crippen LogP contribution is 2.31. The van der Waals surface area contributed by atoms with Crippen LogP contribution in [0.3, 0.4) is 0 Å². The van der Waals surface area contributed by atoms with Crippen molar-refractivity contribution in [3.63, 3.8) is 0 Å². The van der Waals surface area contributed by atoms with Crippen LogP contribution in [0, 0.1) is 28.4 Å². The molecule has 6 nitrogen and oxygen atoms in total. The number of benzene rings is 1. The highest BCUT2D eigenvalue weighted by atomic mass is 79.9. The quantitative estimate of drug-likeness (QED) is 0.685. The molecule has 1 aromatic rings. The van der Waals surface area contributed by atoms with E-state index in [-0.39, 0.29) is 12.1 Å². The zero-order valence-corrected chi connectivity index (χ0v) is 10.4. The highest BCUT2D eigenvalue weighted by molar-refractivity contribution is 9.10. The zero-order chi connectivity index (χ0) is 13.0. The Kier molecular flexibility index (Phi) is 4.17. The summed E-state index contributed by atoms with van der Waals surface area (Å²) in [7, 11) is 0. The molecule has 0 bridgehead atoms. The van der Waals surface area contributed by atoms with Crippen molar-refractivity contribution in [2.75, 3.05) is 5.32 Å². The van der Waals surface area contributed by atoms with Crippen LogP contribution in [-0.4, -0.2) is 10.8 Å². The number of halogens is 1. The van der Waals surface area contributed by atoms with Gasteiger partial charge in [-0.1, -0.05) is 0 Å². The number of nitrogens with zero attached hydrogens (tertiary/aromatic N) is 2. The molecule has 7 heteroatoms. The van der Waals surface area contributed by atoms with Gasteiger partial charge in [0.15, 0.2) is 0 Å². The summed E-state index contributed by atoms with van der Waals surface area (Å²) >= 11 is 3.14. The van der Waals surface area contributed by atoms with E-state index < -0.39 is 10.8 Å². The number of nitrogens with one attached hydrogen (secondary N) is 1. The first-order valence-corrected chi connectivity index (χ1v) is 5.36. The lowest BCUT2D eigenvalue weighted by Crippen LogP contribution is -2.11. The molecule has 0 aromatic heterocycles. The van der Waals surface area contributed by atoms with Gasteiger partial charge >= 0.3 is 0 Å². The molecule has 1 N–H and O–H groups in total. The van der Waals surface area contributed by atoms with Crippen LogP contribution < -0.4 is 5.32 Å². The van der Waals surface area contributed by atoms with E-state index in [0.29, 0.717) is 15.7 Å². The molecule has 1 amide bonds. The Morgan fingerprint density at radius 3 is 2.76 bits per heavy atom. The van der Waals surface area contributed by atoms with Gasteiger partial charge in [0.25, 0.3) is 5.69 Å². The van der Waals surface area contributed by atoms with Gasteiger partial charge in [-0.2, -0.15) is 5.26 Å². The minimum absolute atomic E-state index is 0.0624. The largest absolute Gasteiger partial charge is 0.324 e. The Morgan fingerprint density at radius 1 is 1.65 bits per heavy atom. The van der Waals surface area contributed by atoms with Gasteiger partial charge in [0.2, 0.25) is 5.91 Å². The summed E-state index contributed by atoms with van der Waals surface area (Å²) in [4.78, 5) is 21.3. The number of carbonyl (C=O) groups excluding carboxylic acids is 1. The Morgan fingerprint density at radius 2 is 2.29 bits per heavy atom. The average Bonchev–Trinajstić information content (AvgIpc) is 2.23. The maximum atomic E-state index is 11.2. The fourth-order valence-electron chi connectivity index (χ4n) is 1.25. The molecule has 88 valence electrons. The van der Waals surface area contributed by atoms with Gasteiger partial charge in [0.1, 0.15) is 6.42 Å². The summed E-state index contributed by atoms with van der Waals surface area (Å²) in [5, 5.41) is 21.5. The molecule has 0 unspecified atom stereocenters. The lowest BCUT2D eigenvalue weighted by atomic mass is 10.1. The van der Waals surface area contributed by atoms with Gasteiger partial charge in [0, 0.05) is 16.6 Å². The fraction of sp³-hybridized carbons (Fsp3) is 0.200. The zero-order valence-electron chi connectivity index (χ0n) is 8.86. The summed E-state index contributed by atoms with van der Waals surface area (Å²) in [6.07, 6.45) is -0.261. The van der Waals surface area contributed by atoms with Crippen molar-refractivity contribution in [2.45, 2.75) is 13.3 Å². The van der Waals surface area contributed by atoms with Crippen molar-refractivity contribution < 1.29 is 9.72 Å². The number of aryl methyl sites for hydroxylation is 1. The number of hydrogen-bond donors (Lipinski definition) is 1. The molecule has 0 saturated heterocycles. The normalized spacial score (nSPS) is 9.47. The van der Waals surface area contributed by atoms with E-state index in [1.165, 1.54) is 12.1 Å². The number of hydrogen-bond acceptors (Lipinski definition) is 4. The smallest absolute Gasteiger partial charge is 0.270 e. The molecule has 0 aliphatic heterocycles. The molecule has 17 heavy (non-hydrogen) atoms. The van der Waals surface area contributed by atoms with E-state index >= 15 is 0 Å². The molecule has 0 heterocycles. The first-order valence-electron chi connectivity index (χ1n) is 4.57. The van der Waals surface area contributed by atoms with E-state index in [2.05, 4.69) is 21.2 Å². The van der Waals surface area contributed by atoms with Crippen LogP contribution in [0.4, 0.5) is 11.4 Å². The number of nitro groups is 1. The van der Waals surface area contributed by atoms with Crippen molar-refractivity contribution in [2.24, 2.45) is 0 Å². The number of non-ortho nitro benzene ring substituents is 1.